The maximum Gasteiger partial charge on any atom is 0.316 e. The van der Waals surface area contributed by atoms with E-state index in [1.165, 1.54) is 7.11 Å². The highest BCUT2D eigenvalue weighted by molar-refractivity contribution is 6.01. The number of hydrogen-bond acceptors (Lipinski definition) is 4. The number of hydrogen-bond donors (Lipinski definition) is 0. The zero-order valence-electron chi connectivity index (χ0n) is 10.6. The first-order valence-electron chi connectivity index (χ1n) is 5.85. The third-order valence-corrected chi connectivity index (χ3v) is 2.47. The van der Waals surface area contributed by atoms with Crippen molar-refractivity contribution in [1.29, 1.82) is 0 Å². The van der Waals surface area contributed by atoms with Gasteiger partial charge < -0.3 is 9.47 Å². The third-order valence-electron chi connectivity index (χ3n) is 2.47. The third kappa shape index (κ3) is 4.31. The van der Waals surface area contributed by atoms with E-state index in [1.54, 1.807) is 6.92 Å². The predicted molar refractivity (Wildman–Crippen MR) is 61.1 cm³/mol. The van der Waals surface area contributed by atoms with E-state index in [0.29, 0.717) is 19.4 Å². The zero-order chi connectivity index (χ0) is 12.6. The number of ketones is 1. The average molecular weight is 230 g/mol. The first kappa shape index (κ1) is 15.1. The minimum atomic E-state index is -0.687. The van der Waals surface area contributed by atoms with Crippen molar-refractivity contribution in [1.82, 2.24) is 0 Å². The van der Waals surface area contributed by atoms with Gasteiger partial charge >= 0.3 is 5.97 Å². The molecule has 0 aromatic heterocycles. The molecule has 4 heteroatoms. The highest BCUT2D eigenvalue weighted by atomic mass is 16.5. The molecule has 0 saturated carbocycles. The van der Waals surface area contributed by atoms with Crippen LogP contribution in [0.15, 0.2) is 0 Å². The van der Waals surface area contributed by atoms with E-state index in [4.69, 9.17) is 4.74 Å². The van der Waals surface area contributed by atoms with E-state index in [1.807, 2.05) is 13.8 Å². The second kappa shape index (κ2) is 8.28. The first-order chi connectivity index (χ1) is 7.62. The Hall–Kier alpha value is -0.900. The molecule has 0 radical (unpaired) electrons. The van der Waals surface area contributed by atoms with E-state index >= 15 is 0 Å². The Balaban J connectivity index is 4.60. The Morgan fingerprint density at radius 2 is 1.81 bits per heavy atom. The minimum Gasteiger partial charge on any atom is -0.468 e. The molecule has 0 rings (SSSR count). The standard InChI is InChI=1S/C12H22O4/c1-5-8-10(16-7-3)11(13)9(6-2)12(14)15-4/h9-10H,5-8H2,1-4H3. The summed E-state index contributed by atoms with van der Waals surface area (Å²) >= 11 is 0. The summed E-state index contributed by atoms with van der Waals surface area (Å²) in [4.78, 5) is 23.4. The van der Waals surface area contributed by atoms with Gasteiger partial charge in [0.1, 0.15) is 12.0 Å². The predicted octanol–water partition coefficient (Wildman–Crippen LogP) is 1.96. The topological polar surface area (TPSA) is 52.6 Å². The van der Waals surface area contributed by atoms with Crippen LogP contribution in [-0.2, 0) is 19.1 Å². The van der Waals surface area contributed by atoms with Crippen molar-refractivity contribution in [3.63, 3.8) is 0 Å². The maximum atomic E-state index is 12.0. The van der Waals surface area contributed by atoms with E-state index < -0.39 is 18.0 Å². The lowest BCUT2D eigenvalue weighted by Crippen LogP contribution is -2.35. The lowest BCUT2D eigenvalue weighted by molar-refractivity contribution is -0.153. The molecule has 0 aromatic rings. The molecule has 0 fully saturated rings. The van der Waals surface area contributed by atoms with Crippen molar-refractivity contribution in [2.24, 2.45) is 5.92 Å². The number of esters is 1. The molecular weight excluding hydrogens is 208 g/mol. The summed E-state index contributed by atoms with van der Waals surface area (Å²) in [5, 5.41) is 0. The van der Waals surface area contributed by atoms with Gasteiger partial charge in [0, 0.05) is 6.61 Å². The van der Waals surface area contributed by atoms with Crippen LogP contribution in [0.5, 0.6) is 0 Å². The average Bonchev–Trinajstić information content (AvgIpc) is 2.29. The molecule has 0 aliphatic carbocycles. The number of carbonyl (C=O) groups excluding carboxylic acids is 2. The summed E-state index contributed by atoms with van der Waals surface area (Å²) in [6, 6.07) is 0. The minimum absolute atomic E-state index is 0.155. The van der Waals surface area contributed by atoms with Crippen LogP contribution in [0.2, 0.25) is 0 Å². The molecule has 0 bridgehead atoms. The second-order valence-electron chi connectivity index (χ2n) is 3.62. The fourth-order valence-corrected chi connectivity index (χ4v) is 1.62. The molecule has 0 spiro atoms. The van der Waals surface area contributed by atoms with Crippen molar-refractivity contribution in [3.05, 3.63) is 0 Å². The Kier molecular flexibility index (Phi) is 7.81. The monoisotopic (exact) mass is 230 g/mol. The van der Waals surface area contributed by atoms with Gasteiger partial charge in [-0.05, 0) is 19.8 Å². The summed E-state index contributed by atoms with van der Waals surface area (Å²) in [6.45, 7) is 6.11. The largest absolute Gasteiger partial charge is 0.468 e. The maximum absolute atomic E-state index is 12.0. The van der Waals surface area contributed by atoms with Crippen LogP contribution in [0.25, 0.3) is 0 Å². The fraction of sp³-hybridized carbons (Fsp3) is 0.833. The van der Waals surface area contributed by atoms with Crippen LogP contribution in [0, 0.1) is 5.92 Å². The molecule has 4 nitrogen and oxygen atoms in total. The van der Waals surface area contributed by atoms with Crippen LogP contribution in [0.4, 0.5) is 0 Å². The van der Waals surface area contributed by atoms with Gasteiger partial charge in [-0.2, -0.15) is 0 Å². The molecule has 0 N–H and O–H groups in total. The normalized spacial score (nSPS) is 14.2. The van der Waals surface area contributed by atoms with Gasteiger partial charge in [-0.25, -0.2) is 0 Å². The summed E-state index contributed by atoms with van der Waals surface area (Å²) < 4.78 is 9.98. The Bertz CT molecular complexity index is 219. The van der Waals surface area contributed by atoms with Gasteiger partial charge in [-0.1, -0.05) is 20.3 Å². The smallest absolute Gasteiger partial charge is 0.316 e. The SMILES string of the molecule is CCCC(OCC)C(=O)C(CC)C(=O)OC. The van der Waals surface area contributed by atoms with Crippen LogP contribution < -0.4 is 0 Å². The lowest BCUT2D eigenvalue weighted by Gasteiger charge is -2.19. The van der Waals surface area contributed by atoms with E-state index in [2.05, 4.69) is 4.74 Å². The summed E-state index contributed by atoms with van der Waals surface area (Å²) in [5.74, 6) is -1.31. The van der Waals surface area contributed by atoms with Gasteiger partial charge in [0.2, 0.25) is 0 Å². The number of ether oxygens (including phenoxy) is 2. The summed E-state index contributed by atoms with van der Waals surface area (Å²) in [5.41, 5.74) is 0. The molecule has 2 unspecified atom stereocenters. The molecular formula is C12H22O4. The molecule has 0 aromatic carbocycles. The van der Waals surface area contributed by atoms with Crippen LogP contribution in [0.1, 0.15) is 40.0 Å². The van der Waals surface area contributed by atoms with Crippen LogP contribution >= 0.6 is 0 Å². The molecule has 0 amide bonds. The van der Waals surface area contributed by atoms with Crippen LogP contribution in [-0.4, -0.2) is 31.6 Å². The number of Topliss-reactive ketones (excluding diaryl/α,β-unsaturated/α-hetero) is 1. The zero-order valence-corrected chi connectivity index (χ0v) is 10.6. The van der Waals surface area contributed by atoms with Gasteiger partial charge in [0.25, 0.3) is 0 Å². The second-order valence-corrected chi connectivity index (χ2v) is 3.62. The number of carbonyl (C=O) groups is 2. The Morgan fingerprint density at radius 3 is 2.19 bits per heavy atom. The lowest BCUT2D eigenvalue weighted by atomic mass is 9.95. The molecule has 0 saturated heterocycles. The van der Waals surface area contributed by atoms with Gasteiger partial charge in [0.05, 0.1) is 7.11 Å². The fourth-order valence-electron chi connectivity index (χ4n) is 1.62. The molecule has 0 aliphatic rings. The number of methoxy groups -OCH3 is 1. The van der Waals surface area contributed by atoms with E-state index in [0.717, 1.165) is 6.42 Å². The van der Waals surface area contributed by atoms with E-state index in [9.17, 15) is 9.59 Å². The molecule has 2 atom stereocenters. The first-order valence-corrected chi connectivity index (χ1v) is 5.85. The Labute approximate surface area is 97.3 Å². The molecule has 94 valence electrons. The highest BCUT2D eigenvalue weighted by Gasteiger charge is 2.31. The van der Waals surface area contributed by atoms with Gasteiger partial charge in [-0.3, -0.25) is 9.59 Å². The summed E-state index contributed by atoms with van der Waals surface area (Å²) in [6.07, 6.45) is 1.49. The summed E-state index contributed by atoms with van der Waals surface area (Å²) in [7, 11) is 1.30. The highest BCUT2D eigenvalue weighted by Crippen LogP contribution is 2.14. The molecule has 0 aliphatic heterocycles. The van der Waals surface area contributed by atoms with Crippen molar-refractivity contribution in [3.8, 4) is 0 Å². The van der Waals surface area contributed by atoms with Crippen molar-refractivity contribution < 1.29 is 19.1 Å². The van der Waals surface area contributed by atoms with Crippen molar-refractivity contribution in [2.45, 2.75) is 46.1 Å². The quantitative estimate of drug-likeness (QED) is 0.472. The van der Waals surface area contributed by atoms with Gasteiger partial charge in [0.15, 0.2) is 5.78 Å². The van der Waals surface area contributed by atoms with Crippen molar-refractivity contribution >= 4 is 11.8 Å². The molecule has 16 heavy (non-hydrogen) atoms. The molecule has 0 heterocycles. The number of rotatable bonds is 8. The van der Waals surface area contributed by atoms with Gasteiger partial charge in [-0.15, -0.1) is 0 Å². The Morgan fingerprint density at radius 1 is 1.19 bits per heavy atom. The van der Waals surface area contributed by atoms with Crippen LogP contribution in [0.3, 0.4) is 0 Å². The van der Waals surface area contributed by atoms with Crippen molar-refractivity contribution in [2.75, 3.05) is 13.7 Å². The van der Waals surface area contributed by atoms with E-state index in [-0.39, 0.29) is 5.78 Å².